The minimum absolute atomic E-state index is 0.00687. The number of methoxy groups -OCH3 is 4. The van der Waals surface area contributed by atoms with Crippen LogP contribution in [0.3, 0.4) is 0 Å². The number of rotatable bonds is 16. The van der Waals surface area contributed by atoms with Crippen LogP contribution in [0.15, 0.2) is 102 Å². The summed E-state index contributed by atoms with van der Waals surface area (Å²) in [4.78, 5) is 30.4. The Hall–Kier alpha value is -5.23. The number of nitrogens with one attached hydrogen (secondary N) is 1. The molecule has 0 radical (unpaired) electrons. The summed E-state index contributed by atoms with van der Waals surface area (Å²) in [6, 6.07) is 26.8. The third kappa shape index (κ3) is 8.93. The Bertz CT molecular complexity index is 1880. The highest BCUT2D eigenvalue weighted by atomic mass is 32.2. The minimum atomic E-state index is -4.48. The molecule has 1 aliphatic rings. The maximum absolute atomic E-state index is 14.9. The van der Waals surface area contributed by atoms with Gasteiger partial charge < -0.3 is 29.2 Å². The molecule has 1 fully saturated rings. The molecule has 270 valence electrons. The van der Waals surface area contributed by atoms with Crippen LogP contribution in [-0.4, -0.2) is 72.2 Å². The van der Waals surface area contributed by atoms with Crippen molar-refractivity contribution in [2.75, 3.05) is 39.3 Å². The van der Waals surface area contributed by atoms with Crippen LogP contribution in [0.2, 0.25) is 0 Å². The van der Waals surface area contributed by atoms with E-state index in [4.69, 9.17) is 18.9 Å². The molecular formula is C39H45N3O8S. The summed E-state index contributed by atoms with van der Waals surface area (Å²) in [6.45, 7) is -0.593. The van der Waals surface area contributed by atoms with E-state index in [2.05, 4.69) is 5.32 Å². The van der Waals surface area contributed by atoms with Crippen molar-refractivity contribution in [3.63, 3.8) is 0 Å². The number of hydrogen-bond acceptors (Lipinski definition) is 8. The Morgan fingerprint density at radius 2 is 1.35 bits per heavy atom. The molecule has 1 atom stereocenters. The fourth-order valence-corrected chi connectivity index (χ4v) is 7.74. The molecule has 1 N–H and O–H groups in total. The maximum atomic E-state index is 14.9. The van der Waals surface area contributed by atoms with Crippen LogP contribution in [0.1, 0.15) is 36.8 Å². The highest BCUT2D eigenvalue weighted by Gasteiger charge is 2.37. The summed E-state index contributed by atoms with van der Waals surface area (Å²) >= 11 is 0. The number of sulfonamides is 1. The van der Waals surface area contributed by atoms with Gasteiger partial charge in [-0.2, -0.15) is 0 Å². The zero-order chi connectivity index (χ0) is 36.4. The van der Waals surface area contributed by atoms with Gasteiger partial charge in [0, 0.05) is 31.1 Å². The Morgan fingerprint density at radius 3 is 1.96 bits per heavy atom. The van der Waals surface area contributed by atoms with Crippen LogP contribution in [0.25, 0.3) is 0 Å². The Balaban J connectivity index is 1.63. The van der Waals surface area contributed by atoms with Gasteiger partial charge in [0.15, 0.2) is 11.5 Å². The molecule has 11 nitrogen and oxygen atoms in total. The van der Waals surface area contributed by atoms with E-state index in [9.17, 15) is 18.0 Å². The average Bonchev–Trinajstić information content (AvgIpc) is 3.68. The van der Waals surface area contributed by atoms with Crippen LogP contribution in [0, 0.1) is 0 Å². The molecule has 0 spiro atoms. The summed E-state index contributed by atoms with van der Waals surface area (Å²) in [7, 11) is 1.26. The number of ether oxygens (including phenoxy) is 4. The Morgan fingerprint density at radius 1 is 0.745 bits per heavy atom. The zero-order valence-corrected chi connectivity index (χ0v) is 30.2. The molecule has 4 aromatic rings. The van der Waals surface area contributed by atoms with Crippen LogP contribution in [-0.2, 0) is 32.6 Å². The van der Waals surface area contributed by atoms with Gasteiger partial charge in [-0.15, -0.1) is 0 Å². The summed E-state index contributed by atoms with van der Waals surface area (Å²) < 4.78 is 52.2. The summed E-state index contributed by atoms with van der Waals surface area (Å²) in [5, 5.41) is 3.19. The van der Waals surface area contributed by atoms with E-state index in [1.807, 2.05) is 60.7 Å². The average molecular weight is 716 g/mol. The van der Waals surface area contributed by atoms with E-state index in [0.717, 1.165) is 41.1 Å². The molecule has 1 aliphatic carbocycles. The number of anilines is 1. The second kappa shape index (κ2) is 17.1. The first kappa shape index (κ1) is 37.0. The number of amides is 2. The van der Waals surface area contributed by atoms with Gasteiger partial charge >= 0.3 is 0 Å². The van der Waals surface area contributed by atoms with Crippen molar-refractivity contribution in [2.24, 2.45) is 0 Å². The van der Waals surface area contributed by atoms with Gasteiger partial charge in [0.1, 0.15) is 24.1 Å². The molecule has 1 saturated carbocycles. The van der Waals surface area contributed by atoms with Gasteiger partial charge in [-0.25, -0.2) is 8.42 Å². The van der Waals surface area contributed by atoms with E-state index >= 15 is 0 Å². The molecule has 5 rings (SSSR count). The smallest absolute Gasteiger partial charge is 0.265 e. The molecule has 12 heteroatoms. The zero-order valence-electron chi connectivity index (χ0n) is 29.4. The first-order valence-electron chi connectivity index (χ1n) is 16.8. The number of nitrogens with zero attached hydrogens (tertiary/aromatic N) is 2. The predicted octanol–water partition coefficient (Wildman–Crippen LogP) is 5.62. The largest absolute Gasteiger partial charge is 0.497 e. The lowest BCUT2D eigenvalue weighted by molar-refractivity contribution is -0.140. The van der Waals surface area contributed by atoms with E-state index < -0.39 is 28.5 Å². The van der Waals surface area contributed by atoms with E-state index in [-0.39, 0.29) is 47.0 Å². The lowest BCUT2D eigenvalue weighted by Gasteiger charge is -2.34. The van der Waals surface area contributed by atoms with Crippen molar-refractivity contribution in [1.82, 2.24) is 10.2 Å². The SMILES string of the molecule is COc1ccc(OC)c(N(CC(=O)N(Cc2ccccc2)[C@@H](Cc2ccccc2)C(=O)NC2CCCC2)S(=O)(=O)c2ccc(OC)c(OC)c2)c1. The van der Waals surface area contributed by atoms with E-state index in [1.165, 1.54) is 57.6 Å². The highest BCUT2D eigenvalue weighted by Crippen LogP contribution is 2.38. The van der Waals surface area contributed by atoms with Crippen molar-refractivity contribution >= 4 is 27.5 Å². The second-order valence-corrected chi connectivity index (χ2v) is 14.1. The Labute approximate surface area is 300 Å². The van der Waals surface area contributed by atoms with Gasteiger partial charge in [0.2, 0.25) is 11.8 Å². The van der Waals surface area contributed by atoms with Crippen molar-refractivity contribution in [3.8, 4) is 23.0 Å². The lowest BCUT2D eigenvalue weighted by atomic mass is 10.0. The van der Waals surface area contributed by atoms with Gasteiger partial charge in [0.05, 0.1) is 39.0 Å². The van der Waals surface area contributed by atoms with Crippen molar-refractivity contribution < 1.29 is 37.0 Å². The monoisotopic (exact) mass is 715 g/mol. The van der Waals surface area contributed by atoms with Crippen molar-refractivity contribution in [2.45, 2.75) is 55.6 Å². The highest BCUT2D eigenvalue weighted by molar-refractivity contribution is 7.92. The minimum Gasteiger partial charge on any atom is -0.497 e. The molecule has 0 aromatic heterocycles. The first-order chi connectivity index (χ1) is 24.7. The second-order valence-electron chi connectivity index (χ2n) is 12.3. The summed E-state index contributed by atoms with van der Waals surface area (Å²) in [6.07, 6.45) is 3.99. The van der Waals surface area contributed by atoms with E-state index in [1.54, 1.807) is 12.1 Å². The quantitative estimate of drug-likeness (QED) is 0.159. The molecular weight excluding hydrogens is 671 g/mol. The Kier molecular flexibility index (Phi) is 12.4. The number of benzene rings is 4. The summed E-state index contributed by atoms with van der Waals surface area (Å²) in [5.74, 6) is 0.203. The normalized spacial score (nSPS) is 13.6. The van der Waals surface area contributed by atoms with Crippen LogP contribution >= 0.6 is 0 Å². The molecule has 4 aromatic carbocycles. The van der Waals surface area contributed by atoms with Crippen LogP contribution in [0.4, 0.5) is 5.69 Å². The van der Waals surface area contributed by atoms with Gasteiger partial charge in [-0.05, 0) is 48.2 Å². The molecule has 2 amide bonds. The summed E-state index contributed by atoms with van der Waals surface area (Å²) in [5.41, 5.74) is 1.72. The lowest BCUT2D eigenvalue weighted by Crippen LogP contribution is -2.54. The van der Waals surface area contributed by atoms with E-state index in [0.29, 0.717) is 11.5 Å². The van der Waals surface area contributed by atoms with Gasteiger partial charge in [0.25, 0.3) is 10.0 Å². The molecule has 51 heavy (non-hydrogen) atoms. The molecule has 0 unspecified atom stereocenters. The fraction of sp³-hybridized carbons (Fsp3) is 0.333. The van der Waals surface area contributed by atoms with Gasteiger partial charge in [-0.1, -0.05) is 73.5 Å². The topological polar surface area (TPSA) is 124 Å². The molecule has 0 saturated heterocycles. The third-order valence-corrected chi connectivity index (χ3v) is 10.8. The van der Waals surface area contributed by atoms with Gasteiger partial charge in [-0.3, -0.25) is 13.9 Å². The standard InChI is InChI=1S/C39H45N3O8S/c1-47-31-19-21-35(48-2)33(24-31)42(51(45,46)32-20-22-36(49-3)37(25-32)50-4)27-38(43)41(26-29-15-9-6-10-16-29)34(23-28-13-7-5-8-14-28)39(44)40-30-17-11-12-18-30/h5-10,13-16,19-22,24-25,30,34H,11-12,17-18,23,26-27H2,1-4H3,(H,40,44)/t34-/m0/s1. The molecule has 0 aliphatic heterocycles. The van der Waals surface area contributed by atoms with Crippen molar-refractivity contribution in [1.29, 1.82) is 0 Å². The van der Waals surface area contributed by atoms with Crippen LogP contribution in [0.5, 0.6) is 23.0 Å². The number of hydrogen-bond donors (Lipinski definition) is 1. The number of carbonyl (C=O) groups is 2. The molecule has 0 bridgehead atoms. The van der Waals surface area contributed by atoms with Crippen LogP contribution < -0.4 is 28.6 Å². The number of carbonyl (C=O) groups excluding carboxylic acids is 2. The first-order valence-corrected chi connectivity index (χ1v) is 18.3. The fourth-order valence-electron chi connectivity index (χ4n) is 6.31. The molecule has 0 heterocycles. The third-order valence-electron chi connectivity index (χ3n) is 9.04. The predicted molar refractivity (Wildman–Crippen MR) is 195 cm³/mol. The maximum Gasteiger partial charge on any atom is 0.265 e. The van der Waals surface area contributed by atoms with Crippen molar-refractivity contribution in [3.05, 3.63) is 108 Å².